The molecule has 0 aromatic carbocycles. The van der Waals surface area contributed by atoms with Crippen LogP contribution in [0.1, 0.15) is 37.2 Å². The quantitative estimate of drug-likeness (QED) is 0.229. The Balaban J connectivity index is 0.00000729. The number of rotatable bonds is 9. The number of nitrogens with one attached hydrogen (secondary N) is 2. The van der Waals surface area contributed by atoms with E-state index in [1.807, 2.05) is 25.6 Å². The maximum Gasteiger partial charge on any atom is 0.401 e. The van der Waals surface area contributed by atoms with Gasteiger partial charge in [0.2, 0.25) is 0 Å². The predicted molar refractivity (Wildman–Crippen MR) is 119 cm³/mol. The van der Waals surface area contributed by atoms with Gasteiger partial charge in [-0.3, -0.25) is 14.6 Å². The Morgan fingerprint density at radius 3 is 2.46 bits per heavy atom. The molecule has 0 aliphatic carbocycles. The van der Waals surface area contributed by atoms with Gasteiger partial charge in [-0.15, -0.1) is 24.0 Å². The second-order valence-corrected chi connectivity index (χ2v) is 6.99. The topological polar surface area (TPSA) is 57.5 Å². The Morgan fingerprint density at radius 2 is 1.96 bits per heavy atom. The summed E-state index contributed by atoms with van der Waals surface area (Å²) < 4.78 is 38.9. The fourth-order valence-electron chi connectivity index (χ4n) is 2.94. The highest BCUT2D eigenvalue weighted by molar-refractivity contribution is 14.0. The van der Waals surface area contributed by atoms with E-state index in [9.17, 15) is 13.2 Å². The van der Waals surface area contributed by atoms with Crippen LogP contribution in [-0.2, 0) is 13.5 Å². The number of aryl methyl sites for hydroxylation is 2. The van der Waals surface area contributed by atoms with E-state index in [-0.39, 0.29) is 30.0 Å². The number of hydrogen-bond acceptors (Lipinski definition) is 3. The summed E-state index contributed by atoms with van der Waals surface area (Å²) >= 11 is 0. The monoisotopic (exact) mass is 518 g/mol. The minimum absolute atomic E-state index is 0. The van der Waals surface area contributed by atoms with Gasteiger partial charge in [0, 0.05) is 31.9 Å². The summed E-state index contributed by atoms with van der Waals surface area (Å²) in [4.78, 5) is 5.75. The molecule has 10 heteroatoms. The Hall–Kier alpha value is -1.04. The summed E-state index contributed by atoms with van der Waals surface area (Å²) in [6.45, 7) is 8.77. The van der Waals surface area contributed by atoms with Gasteiger partial charge in [0.1, 0.15) is 0 Å². The van der Waals surface area contributed by atoms with E-state index in [0.29, 0.717) is 25.5 Å². The van der Waals surface area contributed by atoms with Crippen molar-refractivity contribution in [2.45, 2.75) is 52.8 Å². The summed E-state index contributed by atoms with van der Waals surface area (Å²) in [5.74, 6) is 0.683. The molecule has 1 rings (SSSR count). The number of halogens is 4. The van der Waals surface area contributed by atoms with E-state index in [1.165, 1.54) is 17.5 Å². The third kappa shape index (κ3) is 9.94. The zero-order valence-corrected chi connectivity index (χ0v) is 20.0. The average Bonchev–Trinajstić information content (AvgIpc) is 2.76. The Kier molecular flexibility index (Phi) is 12.0. The molecule has 164 valence electrons. The van der Waals surface area contributed by atoms with Gasteiger partial charge in [0.05, 0.1) is 12.2 Å². The minimum Gasteiger partial charge on any atom is -0.357 e. The summed E-state index contributed by atoms with van der Waals surface area (Å²) in [7, 11) is 3.41. The first-order chi connectivity index (χ1) is 12.5. The van der Waals surface area contributed by atoms with E-state index < -0.39 is 12.7 Å². The van der Waals surface area contributed by atoms with Crippen LogP contribution in [0.25, 0.3) is 0 Å². The lowest BCUT2D eigenvalue weighted by Crippen LogP contribution is -2.43. The molecule has 1 atom stereocenters. The molecule has 0 aliphatic heterocycles. The number of aliphatic imine (C=N–C) groups is 1. The third-order valence-corrected chi connectivity index (χ3v) is 4.31. The van der Waals surface area contributed by atoms with Gasteiger partial charge < -0.3 is 10.6 Å². The SMILES string of the molecule is CCNC(=NCCCN(C)CC(F)(F)F)NC(C)Cc1c(C)nn(C)c1C.I. The molecule has 0 saturated carbocycles. The molecule has 1 aromatic rings. The van der Waals surface area contributed by atoms with Crippen molar-refractivity contribution >= 4 is 29.9 Å². The highest BCUT2D eigenvalue weighted by Gasteiger charge is 2.28. The lowest BCUT2D eigenvalue weighted by atomic mass is 10.1. The molecule has 0 aliphatic rings. The van der Waals surface area contributed by atoms with Crippen LogP contribution >= 0.6 is 24.0 Å². The number of alkyl halides is 3. The first kappa shape index (κ1) is 27.0. The van der Waals surface area contributed by atoms with Crippen molar-refractivity contribution in [3.8, 4) is 0 Å². The molecule has 0 radical (unpaired) electrons. The molecule has 0 spiro atoms. The van der Waals surface area contributed by atoms with Gasteiger partial charge >= 0.3 is 6.18 Å². The number of hydrogen-bond donors (Lipinski definition) is 2. The van der Waals surface area contributed by atoms with E-state index in [2.05, 4.69) is 34.6 Å². The zero-order valence-electron chi connectivity index (χ0n) is 17.7. The van der Waals surface area contributed by atoms with Crippen LogP contribution in [0, 0.1) is 13.8 Å². The van der Waals surface area contributed by atoms with Crippen molar-refractivity contribution in [3.63, 3.8) is 0 Å². The Labute approximate surface area is 183 Å². The van der Waals surface area contributed by atoms with Crippen molar-refractivity contribution in [3.05, 3.63) is 17.0 Å². The van der Waals surface area contributed by atoms with Gasteiger partial charge in [0.25, 0.3) is 0 Å². The van der Waals surface area contributed by atoms with Crippen molar-refractivity contribution in [2.24, 2.45) is 12.0 Å². The van der Waals surface area contributed by atoms with Crippen LogP contribution in [0.5, 0.6) is 0 Å². The average molecular weight is 518 g/mol. The van der Waals surface area contributed by atoms with E-state index in [0.717, 1.165) is 24.4 Å². The van der Waals surface area contributed by atoms with Crippen LogP contribution in [0.3, 0.4) is 0 Å². The standard InChI is InChI=1S/C18H33F3N6.HI/c1-7-22-17(23-9-8-10-26(5)12-18(19,20)21)24-13(2)11-16-14(3)25-27(6)15(16)4;/h13H,7-12H2,1-6H3,(H2,22,23,24);1H. The molecular formula is C18H34F3IN6. The molecule has 1 unspecified atom stereocenters. The molecule has 28 heavy (non-hydrogen) atoms. The van der Waals surface area contributed by atoms with Crippen molar-refractivity contribution in [1.29, 1.82) is 0 Å². The smallest absolute Gasteiger partial charge is 0.357 e. The highest BCUT2D eigenvalue weighted by Crippen LogP contribution is 2.15. The van der Waals surface area contributed by atoms with Crippen LogP contribution in [0.4, 0.5) is 13.2 Å². The second-order valence-electron chi connectivity index (χ2n) is 6.99. The van der Waals surface area contributed by atoms with Crippen LogP contribution in [-0.4, -0.2) is 66.1 Å². The largest absolute Gasteiger partial charge is 0.401 e. The highest BCUT2D eigenvalue weighted by atomic mass is 127. The number of guanidine groups is 1. The maximum absolute atomic E-state index is 12.3. The molecule has 1 aromatic heterocycles. The first-order valence-electron chi connectivity index (χ1n) is 9.32. The van der Waals surface area contributed by atoms with Gasteiger partial charge in [0.15, 0.2) is 5.96 Å². The maximum atomic E-state index is 12.3. The minimum atomic E-state index is -4.16. The predicted octanol–water partition coefficient (Wildman–Crippen LogP) is 3.03. The van der Waals surface area contributed by atoms with E-state index in [1.54, 1.807) is 0 Å². The van der Waals surface area contributed by atoms with Crippen molar-refractivity contribution < 1.29 is 13.2 Å². The zero-order chi connectivity index (χ0) is 20.6. The lowest BCUT2D eigenvalue weighted by Gasteiger charge is -2.19. The van der Waals surface area contributed by atoms with Crippen LogP contribution < -0.4 is 10.6 Å². The van der Waals surface area contributed by atoms with Gasteiger partial charge in [-0.2, -0.15) is 18.3 Å². The third-order valence-electron chi connectivity index (χ3n) is 4.31. The Morgan fingerprint density at radius 1 is 1.32 bits per heavy atom. The normalized spacial score (nSPS) is 13.4. The van der Waals surface area contributed by atoms with E-state index >= 15 is 0 Å². The van der Waals surface area contributed by atoms with Gasteiger partial charge in [-0.25, -0.2) is 0 Å². The fourth-order valence-corrected chi connectivity index (χ4v) is 2.94. The van der Waals surface area contributed by atoms with Gasteiger partial charge in [-0.05, 0) is 59.7 Å². The summed E-state index contributed by atoms with van der Waals surface area (Å²) in [6, 6.07) is 0.150. The summed E-state index contributed by atoms with van der Waals surface area (Å²) in [5, 5.41) is 11.0. The molecule has 6 nitrogen and oxygen atoms in total. The molecule has 1 heterocycles. The molecule has 0 saturated heterocycles. The summed E-state index contributed by atoms with van der Waals surface area (Å²) in [6.07, 6.45) is -2.77. The Bertz CT molecular complexity index is 615. The molecule has 0 bridgehead atoms. The van der Waals surface area contributed by atoms with Crippen molar-refractivity contribution in [1.82, 2.24) is 25.3 Å². The lowest BCUT2D eigenvalue weighted by molar-refractivity contribution is -0.143. The fraction of sp³-hybridized carbons (Fsp3) is 0.778. The van der Waals surface area contributed by atoms with Gasteiger partial charge in [-0.1, -0.05) is 0 Å². The second kappa shape index (κ2) is 12.5. The number of aromatic nitrogens is 2. The molecular weight excluding hydrogens is 484 g/mol. The molecule has 0 amide bonds. The van der Waals surface area contributed by atoms with Crippen LogP contribution in [0.2, 0.25) is 0 Å². The van der Waals surface area contributed by atoms with Crippen molar-refractivity contribution in [2.75, 3.05) is 33.2 Å². The number of nitrogens with zero attached hydrogens (tertiary/aromatic N) is 4. The first-order valence-corrected chi connectivity index (χ1v) is 9.32. The molecule has 2 N–H and O–H groups in total. The molecule has 0 fully saturated rings. The summed E-state index contributed by atoms with van der Waals surface area (Å²) in [5.41, 5.74) is 3.40. The van der Waals surface area contributed by atoms with E-state index in [4.69, 9.17) is 0 Å². The van der Waals surface area contributed by atoms with Crippen LogP contribution in [0.15, 0.2) is 4.99 Å².